The Labute approximate surface area is 155 Å². The predicted octanol–water partition coefficient (Wildman–Crippen LogP) is 3.94. The summed E-state index contributed by atoms with van der Waals surface area (Å²) in [6, 6.07) is 6.55. The van der Waals surface area contributed by atoms with Crippen molar-refractivity contribution in [2.24, 2.45) is 6.98 Å². The fraction of sp³-hybridized carbons (Fsp3) is 0.278. The lowest BCUT2D eigenvalue weighted by atomic mass is 10.1. The van der Waals surface area contributed by atoms with Crippen LogP contribution < -0.4 is 16.2 Å². The zero-order valence-corrected chi connectivity index (χ0v) is 14.8. The van der Waals surface area contributed by atoms with Crippen molar-refractivity contribution in [3.8, 4) is 0 Å². The third-order valence-electron chi connectivity index (χ3n) is 3.36. The maximum absolute atomic E-state index is 12.9. The van der Waals surface area contributed by atoms with Crippen molar-refractivity contribution in [2.45, 2.75) is 26.3 Å². The fourth-order valence-electron chi connectivity index (χ4n) is 2.38. The summed E-state index contributed by atoms with van der Waals surface area (Å²) in [5.41, 5.74) is -1.04. The van der Waals surface area contributed by atoms with Crippen LogP contribution in [0.1, 0.15) is 24.9 Å². The van der Waals surface area contributed by atoms with Crippen molar-refractivity contribution in [3.63, 3.8) is 0 Å². The van der Waals surface area contributed by atoms with E-state index < -0.39 is 18.1 Å². The van der Waals surface area contributed by atoms with E-state index in [0.29, 0.717) is 22.0 Å². The van der Waals surface area contributed by atoms with Crippen LogP contribution in [-0.4, -0.2) is 20.1 Å². The summed E-state index contributed by atoms with van der Waals surface area (Å²) >= 11 is 6.00. The molecular weight excluding hydrogens is 338 g/mol. The van der Waals surface area contributed by atoms with E-state index in [1.54, 1.807) is 30.5 Å². The molecule has 0 unspecified atom stereocenters. The van der Waals surface area contributed by atoms with E-state index >= 15 is 0 Å². The number of pyridine rings is 3. The highest BCUT2D eigenvalue weighted by atomic mass is 35.5. The molecule has 2 N–H and O–H groups in total. The molecule has 0 aromatic carbocycles. The fourth-order valence-corrected chi connectivity index (χ4v) is 2.54. The monoisotopic (exact) mass is 360 g/mol. The van der Waals surface area contributed by atoms with Crippen molar-refractivity contribution < 1.29 is 4.11 Å². The van der Waals surface area contributed by atoms with Gasteiger partial charge in [0.1, 0.15) is 17.5 Å². The van der Waals surface area contributed by atoms with Crippen LogP contribution in [0.15, 0.2) is 41.5 Å². The number of fused-ring (bicyclic) bond motifs is 1. The average molecular weight is 361 g/mol. The number of hydrogen-bond acceptors (Lipinski definition) is 5. The molecule has 0 aliphatic carbocycles. The molecule has 6 nitrogen and oxygen atoms in total. The molecular formula is C18H20ClN5O. The lowest BCUT2D eigenvalue weighted by Crippen LogP contribution is -2.28. The Balaban J connectivity index is 2.20. The van der Waals surface area contributed by atoms with Gasteiger partial charge in [0.05, 0.1) is 5.39 Å². The average Bonchev–Trinajstić information content (AvgIpc) is 2.52. The Morgan fingerprint density at radius 3 is 2.72 bits per heavy atom. The van der Waals surface area contributed by atoms with Crippen LogP contribution in [0.2, 0.25) is 5.02 Å². The molecule has 3 rings (SSSR count). The van der Waals surface area contributed by atoms with Crippen LogP contribution in [0, 0.1) is 0 Å². The van der Waals surface area contributed by atoms with Gasteiger partial charge in [-0.3, -0.25) is 4.79 Å². The van der Waals surface area contributed by atoms with Gasteiger partial charge in [0.2, 0.25) is 0 Å². The zero-order chi connectivity index (χ0) is 20.7. The first-order valence-electron chi connectivity index (χ1n) is 9.18. The number of aryl methyl sites for hydroxylation is 1. The van der Waals surface area contributed by atoms with Gasteiger partial charge in [-0.2, -0.15) is 0 Å². The van der Waals surface area contributed by atoms with Crippen LogP contribution in [0.4, 0.5) is 17.5 Å². The van der Waals surface area contributed by atoms with Crippen molar-refractivity contribution in [2.75, 3.05) is 10.6 Å². The van der Waals surface area contributed by atoms with Crippen LogP contribution in [0.5, 0.6) is 0 Å². The Hall–Kier alpha value is -2.60. The minimum absolute atomic E-state index is 0.207. The highest BCUT2D eigenvalue weighted by Gasteiger charge is 2.16. The molecule has 3 aromatic heterocycles. The maximum atomic E-state index is 12.9. The first-order valence-corrected chi connectivity index (χ1v) is 8.05. The number of halogens is 1. The number of aromatic nitrogens is 3. The van der Waals surface area contributed by atoms with E-state index in [-0.39, 0.29) is 11.2 Å². The number of nitrogens with zero attached hydrogens (tertiary/aromatic N) is 3. The predicted molar refractivity (Wildman–Crippen MR) is 103 cm³/mol. The molecule has 0 saturated heterocycles. The van der Waals surface area contributed by atoms with Gasteiger partial charge in [0.25, 0.3) is 5.56 Å². The van der Waals surface area contributed by atoms with Crippen molar-refractivity contribution in [3.05, 3.63) is 52.0 Å². The Morgan fingerprint density at radius 1 is 1.24 bits per heavy atom. The normalized spacial score (nSPS) is 13.8. The summed E-state index contributed by atoms with van der Waals surface area (Å²) in [5.74, 6) is 1.23. The SMILES string of the molecule is [2H]C([2H])([2H])n1ccc2cc(Nc3cc(Cl)ccn3)nc(NC(C)(C)C)c2c1=O. The van der Waals surface area contributed by atoms with Gasteiger partial charge in [-0.1, -0.05) is 11.6 Å². The Bertz CT molecular complexity index is 1090. The van der Waals surface area contributed by atoms with E-state index in [1.165, 1.54) is 6.20 Å². The molecule has 7 heteroatoms. The quantitative estimate of drug-likeness (QED) is 0.740. The third kappa shape index (κ3) is 3.91. The van der Waals surface area contributed by atoms with Gasteiger partial charge in [0.15, 0.2) is 0 Å². The van der Waals surface area contributed by atoms with Crippen molar-refractivity contribution >= 4 is 39.8 Å². The minimum atomic E-state index is -2.58. The van der Waals surface area contributed by atoms with Gasteiger partial charge >= 0.3 is 0 Å². The molecule has 3 aromatic rings. The van der Waals surface area contributed by atoms with E-state index in [1.807, 2.05) is 20.8 Å². The molecule has 0 spiro atoms. The summed E-state index contributed by atoms with van der Waals surface area (Å²) in [6.07, 6.45) is 2.83. The van der Waals surface area contributed by atoms with E-state index in [2.05, 4.69) is 20.6 Å². The summed E-state index contributed by atoms with van der Waals surface area (Å²) in [6.45, 7) is 3.19. The molecule has 130 valence electrons. The van der Waals surface area contributed by atoms with Crippen LogP contribution >= 0.6 is 11.6 Å². The third-order valence-corrected chi connectivity index (χ3v) is 3.59. The second kappa shape index (κ2) is 6.37. The van der Waals surface area contributed by atoms with E-state index in [4.69, 9.17) is 15.7 Å². The topological polar surface area (TPSA) is 71.8 Å². The van der Waals surface area contributed by atoms with Gasteiger partial charge < -0.3 is 15.2 Å². The van der Waals surface area contributed by atoms with E-state index in [0.717, 1.165) is 4.57 Å². The first-order chi connectivity index (χ1) is 12.9. The maximum Gasteiger partial charge on any atom is 0.261 e. The standard InChI is InChI=1S/C18H20ClN5O/c1-18(2,3)23-16-15-11(6-8-24(4)17(15)25)9-14(22-16)21-13-10-12(19)5-7-20-13/h5-10H,1-4H3,(H2,20,21,22,23)/i4D3. The summed E-state index contributed by atoms with van der Waals surface area (Å²) in [5, 5.41) is 7.53. The van der Waals surface area contributed by atoms with Gasteiger partial charge in [-0.25, -0.2) is 9.97 Å². The number of nitrogens with one attached hydrogen (secondary N) is 2. The molecule has 0 aliphatic rings. The largest absolute Gasteiger partial charge is 0.365 e. The molecule has 0 bridgehead atoms. The molecule has 0 fully saturated rings. The highest BCUT2D eigenvalue weighted by Crippen LogP contribution is 2.26. The lowest BCUT2D eigenvalue weighted by Gasteiger charge is -2.23. The number of hydrogen-bond donors (Lipinski definition) is 2. The highest BCUT2D eigenvalue weighted by molar-refractivity contribution is 6.30. The molecule has 0 radical (unpaired) electrons. The molecule has 0 atom stereocenters. The molecule has 0 amide bonds. The van der Waals surface area contributed by atoms with Gasteiger partial charge in [-0.05, 0) is 50.4 Å². The van der Waals surface area contributed by atoms with E-state index in [9.17, 15) is 4.79 Å². The van der Waals surface area contributed by atoms with Gasteiger partial charge in [0, 0.05) is 34.0 Å². The van der Waals surface area contributed by atoms with Crippen LogP contribution in [0.3, 0.4) is 0 Å². The molecule has 0 saturated carbocycles. The second-order valence-corrected chi connectivity index (χ2v) is 7.11. The molecule has 0 aliphatic heterocycles. The van der Waals surface area contributed by atoms with Crippen molar-refractivity contribution in [1.29, 1.82) is 0 Å². The number of anilines is 3. The minimum Gasteiger partial charge on any atom is -0.365 e. The van der Waals surface area contributed by atoms with Crippen molar-refractivity contribution in [1.82, 2.24) is 14.5 Å². The summed E-state index contributed by atoms with van der Waals surface area (Å²) in [7, 11) is 0. The first kappa shape index (κ1) is 13.7. The van der Waals surface area contributed by atoms with Crippen LogP contribution in [0.25, 0.3) is 10.8 Å². The van der Waals surface area contributed by atoms with Gasteiger partial charge in [-0.15, -0.1) is 0 Å². The summed E-state index contributed by atoms with van der Waals surface area (Å²) < 4.78 is 23.5. The number of rotatable bonds is 3. The lowest BCUT2D eigenvalue weighted by molar-refractivity contribution is 0.631. The zero-order valence-electron chi connectivity index (χ0n) is 17.1. The second-order valence-electron chi connectivity index (χ2n) is 6.67. The summed E-state index contributed by atoms with van der Waals surface area (Å²) in [4.78, 5) is 21.5. The Kier molecular flexibility index (Phi) is 3.48. The Morgan fingerprint density at radius 2 is 2.04 bits per heavy atom. The molecule has 3 heterocycles. The smallest absolute Gasteiger partial charge is 0.261 e. The van der Waals surface area contributed by atoms with Crippen LogP contribution in [-0.2, 0) is 6.98 Å². The molecule has 25 heavy (non-hydrogen) atoms.